The first-order valence-corrected chi connectivity index (χ1v) is 7.47. The van der Waals surface area contributed by atoms with E-state index in [9.17, 15) is 4.79 Å². The highest BCUT2D eigenvalue weighted by Crippen LogP contribution is 2.29. The maximum Gasteiger partial charge on any atom is 0.285 e. The van der Waals surface area contributed by atoms with Gasteiger partial charge in [0.25, 0.3) is 5.91 Å². The highest BCUT2D eigenvalue weighted by molar-refractivity contribution is 6.33. The molecule has 0 unspecified atom stereocenters. The predicted octanol–water partition coefficient (Wildman–Crippen LogP) is 3.45. The molecule has 0 saturated heterocycles. The van der Waals surface area contributed by atoms with Crippen LogP contribution in [-0.2, 0) is 0 Å². The molecule has 0 aliphatic heterocycles. The summed E-state index contributed by atoms with van der Waals surface area (Å²) in [5, 5.41) is 1.15. The Labute approximate surface area is 142 Å². The van der Waals surface area contributed by atoms with Gasteiger partial charge < -0.3 is 0 Å². The van der Waals surface area contributed by atoms with Crippen molar-refractivity contribution >= 4 is 29.1 Å². The molecule has 116 valence electrons. The molecule has 3 rings (SSSR count). The summed E-state index contributed by atoms with van der Waals surface area (Å²) in [4.78, 5) is 16.2. The number of rotatable bonds is 3. The molecule has 1 heterocycles. The number of hydrazine groups is 1. The van der Waals surface area contributed by atoms with Crippen LogP contribution in [0.2, 0.25) is 10.0 Å². The Hall–Kier alpha value is -2.34. The Kier molecular flexibility index (Phi) is 4.34. The molecular weight excluding hydrogens is 335 g/mol. The van der Waals surface area contributed by atoms with Crippen molar-refractivity contribution in [3.05, 3.63) is 70.5 Å². The normalized spacial score (nSPS) is 10.6. The number of benzene rings is 2. The van der Waals surface area contributed by atoms with Crippen molar-refractivity contribution in [3.8, 4) is 17.1 Å². The molecule has 2 aromatic carbocycles. The molecule has 0 spiro atoms. The third-order valence-corrected chi connectivity index (χ3v) is 3.87. The third kappa shape index (κ3) is 3.07. The van der Waals surface area contributed by atoms with Crippen LogP contribution in [0.3, 0.4) is 0 Å². The van der Waals surface area contributed by atoms with Crippen LogP contribution in [0.1, 0.15) is 10.5 Å². The first-order chi connectivity index (χ1) is 11.1. The number of carbonyl (C=O) groups is 1. The number of nitrogens with zero attached hydrogens (tertiary/aromatic N) is 2. The zero-order valence-corrected chi connectivity index (χ0v) is 13.3. The van der Waals surface area contributed by atoms with Gasteiger partial charge in [0.1, 0.15) is 11.5 Å². The van der Waals surface area contributed by atoms with Crippen molar-refractivity contribution < 1.29 is 4.79 Å². The maximum atomic E-state index is 11.8. The smallest absolute Gasteiger partial charge is 0.285 e. The fraction of sp³-hybridized carbons (Fsp3) is 0. The number of aromatic nitrogens is 2. The second-order valence-corrected chi connectivity index (χ2v) is 5.59. The lowest BCUT2D eigenvalue weighted by molar-refractivity contribution is 0.0949. The summed E-state index contributed by atoms with van der Waals surface area (Å²) in [7, 11) is 0. The van der Waals surface area contributed by atoms with Gasteiger partial charge in [0.15, 0.2) is 0 Å². The molecule has 3 N–H and O–H groups in total. The summed E-state index contributed by atoms with van der Waals surface area (Å²) < 4.78 is 1.77. The minimum absolute atomic E-state index is 0.192. The standard InChI is InChI=1S/C16H12Cl2N4O/c17-10-5-7-11(8-6-10)22-9-14(16(23)21-19)20-15(22)12-3-1-2-4-13(12)18/h1-9H,19H2,(H,21,23). The average molecular weight is 347 g/mol. The summed E-state index contributed by atoms with van der Waals surface area (Å²) >= 11 is 12.2. The van der Waals surface area contributed by atoms with Gasteiger partial charge in [0.2, 0.25) is 0 Å². The minimum atomic E-state index is -0.481. The molecule has 0 radical (unpaired) electrons. The van der Waals surface area contributed by atoms with Crippen LogP contribution in [0.15, 0.2) is 54.7 Å². The van der Waals surface area contributed by atoms with E-state index in [1.165, 1.54) is 0 Å². The van der Waals surface area contributed by atoms with Crippen molar-refractivity contribution in [2.75, 3.05) is 0 Å². The third-order valence-electron chi connectivity index (χ3n) is 3.29. The summed E-state index contributed by atoms with van der Waals surface area (Å²) in [5.74, 6) is 5.26. The molecule has 0 saturated carbocycles. The van der Waals surface area contributed by atoms with E-state index in [4.69, 9.17) is 29.0 Å². The zero-order valence-electron chi connectivity index (χ0n) is 11.8. The van der Waals surface area contributed by atoms with E-state index in [0.717, 1.165) is 5.69 Å². The maximum absolute atomic E-state index is 11.8. The van der Waals surface area contributed by atoms with Gasteiger partial charge in [0, 0.05) is 22.5 Å². The lowest BCUT2D eigenvalue weighted by Gasteiger charge is -2.09. The van der Waals surface area contributed by atoms with E-state index in [1.54, 1.807) is 29.0 Å². The lowest BCUT2D eigenvalue weighted by atomic mass is 10.2. The Morgan fingerprint density at radius 3 is 2.43 bits per heavy atom. The quantitative estimate of drug-likeness (QED) is 0.433. The van der Waals surface area contributed by atoms with Crippen molar-refractivity contribution in [1.29, 1.82) is 0 Å². The summed E-state index contributed by atoms with van der Waals surface area (Å²) in [6, 6.07) is 14.5. The largest absolute Gasteiger partial charge is 0.299 e. The number of nitrogens with one attached hydrogen (secondary N) is 1. The van der Waals surface area contributed by atoms with Crippen molar-refractivity contribution in [3.63, 3.8) is 0 Å². The fourth-order valence-electron chi connectivity index (χ4n) is 2.19. The molecule has 3 aromatic rings. The number of amides is 1. The lowest BCUT2D eigenvalue weighted by Crippen LogP contribution is -2.30. The number of carbonyl (C=O) groups excluding carboxylic acids is 1. The summed E-state index contributed by atoms with van der Waals surface area (Å²) in [6.07, 6.45) is 1.60. The summed E-state index contributed by atoms with van der Waals surface area (Å²) in [5.41, 5.74) is 3.78. The second kappa shape index (κ2) is 6.42. The van der Waals surface area contributed by atoms with Crippen LogP contribution in [-0.4, -0.2) is 15.5 Å². The number of imidazole rings is 1. The Morgan fingerprint density at radius 1 is 1.09 bits per heavy atom. The van der Waals surface area contributed by atoms with Crippen LogP contribution in [0, 0.1) is 0 Å². The van der Waals surface area contributed by atoms with E-state index in [2.05, 4.69) is 10.4 Å². The van der Waals surface area contributed by atoms with Gasteiger partial charge in [0.05, 0.1) is 5.02 Å². The fourth-order valence-corrected chi connectivity index (χ4v) is 2.54. The molecule has 23 heavy (non-hydrogen) atoms. The molecule has 0 bridgehead atoms. The molecule has 0 atom stereocenters. The highest BCUT2D eigenvalue weighted by atomic mass is 35.5. The average Bonchev–Trinajstić information content (AvgIpc) is 3.00. The molecule has 1 aromatic heterocycles. The van der Waals surface area contributed by atoms with Gasteiger partial charge in [-0.2, -0.15) is 0 Å². The Bertz CT molecular complexity index is 859. The van der Waals surface area contributed by atoms with E-state index in [1.807, 2.05) is 30.3 Å². The molecular formula is C16H12Cl2N4O. The molecule has 0 aliphatic carbocycles. The highest BCUT2D eigenvalue weighted by Gasteiger charge is 2.17. The molecule has 5 nitrogen and oxygen atoms in total. The van der Waals surface area contributed by atoms with E-state index >= 15 is 0 Å². The first-order valence-electron chi connectivity index (χ1n) is 6.71. The topological polar surface area (TPSA) is 72.9 Å². The van der Waals surface area contributed by atoms with Crippen molar-refractivity contribution in [2.45, 2.75) is 0 Å². The van der Waals surface area contributed by atoms with Gasteiger partial charge >= 0.3 is 0 Å². The number of hydrogen-bond donors (Lipinski definition) is 2. The number of nitrogens with two attached hydrogens (primary N) is 1. The monoisotopic (exact) mass is 346 g/mol. The van der Waals surface area contributed by atoms with Crippen LogP contribution >= 0.6 is 23.2 Å². The van der Waals surface area contributed by atoms with E-state index in [-0.39, 0.29) is 5.69 Å². The van der Waals surface area contributed by atoms with E-state index < -0.39 is 5.91 Å². The zero-order chi connectivity index (χ0) is 16.4. The summed E-state index contributed by atoms with van der Waals surface area (Å²) in [6.45, 7) is 0. The minimum Gasteiger partial charge on any atom is -0.299 e. The van der Waals surface area contributed by atoms with Gasteiger partial charge in [-0.3, -0.25) is 14.8 Å². The molecule has 0 aliphatic rings. The van der Waals surface area contributed by atoms with Gasteiger partial charge in [-0.1, -0.05) is 35.3 Å². The number of halogens is 2. The number of hydrogen-bond acceptors (Lipinski definition) is 3. The van der Waals surface area contributed by atoms with Crippen LogP contribution in [0.25, 0.3) is 17.1 Å². The SMILES string of the molecule is NNC(=O)c1cn(-c2ccc(Cl)cc2)c(-c2ccccc2Cl)n1. The van der Waals surface area contributed by atoms with Gasteiger partial charge in [-0.25, -0.2) is 10.8 Å². The van der Waals surface area contributed by atoms with Crippen molar-refractivity contribution in [1.82, 2.24) is 15.0 Å². The van der Waals surface area contributed by atoms with E-state index in [0.29, 0.717) is 21.4 Å². The molecule has 7 heteroatoms. The van der Waals surface area contributed by atoms with Crippen LogP contribution in [0.4, 0.5) is 0 Å². The van der Waals surface area contributed by atoms with Gasteiger partial charge in [-0.05, 0) is 36.4 Å². The van der Waals surface area contributed by atoms with Gasteiger partial charge in [-0.15, -0.1) is 0 Å². The Balaban J connectivity index is 2.21. The molecule has 1 amide bonds. The second-order valence-electron chi connectivity index (χ2n) is 4.75. The van der Waals surface area contributed by atoms with Crippen molar-refractivity contribution in [2.24, 2.45) is 5.84 Å². The Morgan fingerprint density at radius 2 is 1.78 bits per heavy atom. The first kappa shape index (κ1) is 15.6. The number of nitrogen functional groups attached to an aromatic ring is 1. The molecule has 0 fully saturated rings. The predicted molar refractivity (Wildman–Crippen MR) is 90.7 cm³/mol. The van der Waals surface area contributed by atoms with Crippen LogP contribution in [0.5, 0.6) is 0 Å². The van der Waals surface area contributed by atoms with Crippen LogP contribution < -0.4 is 11.3 Å².